The molecule has 0 fully saturated rings. The van der Waals surface area contributed by atoms with Crippen molar-refractivity contribution in [3.63, 3.8) is 0 Å². The maximum Gasteiger partial charge on any atom is 0.303 e. The maximum absolute atomic E-state index is 10.9. The summed E-state index contributed by atoms with van der Waals surface area (Å²) in [6, 6.07) is -0.269. The highest BCUT2D eigenvalue weighted by molar-refractivity contribution is 7.80. The lowest BCUT2D eigenvalue weighted by Crippen LogP contribution is -2.43. The number of quaternary nitrogens is 1. The second kappa shape index (κ2) is 1.90. The minimum atomic E-state index is -0.269. The largest absolute Gasteiger partial charge is 0.842 e. The molecule has 0 amide bonds. The van der Waals surface area contributed by atoms with Crippen molar-refractivity contribution >= 4 is 23.4 Å². The molecule has 10 heavy (non-hydrogen) atoms. The van der Waals surface area contributed by atoms with Gasteiger partial charge in [0.05, 0.1) is 0 Å². The van der Waals surface area contributed by atoms with Crippen molar-refractivity contribution in [2.24, 2.45) is 5.10 Å². The molecule has 0 aliphatic carbocycles. The van der Waals surface area contributed by atoms with E-state index in [-0.39, 0.29) is 10.6 Å². The Bertz CT molecular complexity index is 211. The van der Waals surface area contributed by atoms with Crippen molar-refractivity contribution in [2.45, 2.75) is 0 Å². The molecule has 0 unspecified atom stereocenters. The third-order valence-electron chi connectivity index (χ3n) is 1.38. The number of hydrogen-bond donors (Lipinski definition) is 0. The van der Waals surface area contributed by atoms with Gasteiger partial charge in [0.1, 0.15) is 20.1 Å². The first-order chi connectivity index (χ1) is 4.45. The average Bonchev–Trinajstić information content (AvgIpc) is 1.95. The van der Waals surface area contributed by atoms with Gasteiger partial charge < -0.3 is 5.11 Å². The van der Waals surface area contributed by atoms with Gasteiger partial charge in [-0.05, 0) is 0 Å². The normalized spacial score (nSPS) is 23.3. The molecule has 4 nitrogen and oxygen atoms in total. The molecule has 0 N–H and O–H groups in total. The highest BCUT2D eigenvalue weighted by atomic mass is 32.1. The Balaban J connectivity index is 2.98. The molecule has 1 heterocycles. The monoisotopic (exact) mass is 159 g/mol. The van der Waals surface area contributed by atoms with Crippen LogP contribution in [0.5, 0.6) is 0 Å². The SMILES string of the molecule is CN1C(=S)[N+](C)(C)N=C1[O-]. The van der Waals surface area contributed by atoms with E-state index in [9.17, 15) is 5.11 Å². The van der Waals surface area contributed by atoms with Crippen LogP contribution in [0.3, 0.4) is 0 Å². The van der Waals surface area contributed by atoms with E-state index in [0.717, 1.165) is 0 Å². The van der Waals surface area contributed by atoms with E-state index in [1.165, 1.54) is 4.90 Å². The molecule has 0 saturated carbocycles. The summed E-state index contributed by atoms with van der Waals surface area (Å²) in [4.78, 5) is 1.37. The van der Waals surface area contributed by atoms with Crippen LogP contribution in [-0.4, -0.2) is 41.8 Å². The van der Waals surface area contributed by atoms with Crippen molar-refractivity contribution in [3.05, 3.63) is 0 Å². The Labute approximate surface area is 64.9 Å². The summed E-state index contributed by atoms with van der Waals surface area (Å²) in [7, 11) is 5.16. The molecule has 0 spiro atoms. The lowest BCUT2D eigenvalue weighted by atomic mass is 10.7. The standard InChI is InChI=1S/C5H9N3OS/c1-7-4(9)6-8(2,3)5(7)10/h1-3H3. The third-order valence-corrected chi connectivity index (χ3v) is 2.10. The van der Waals surface area contributed by atoms with Crippen LogP contribution in [0.25, 0.3) is 0 Å². The zero-order valence-electron chi connectivity index (χ0n) is 6.16. The van der Waals surface area contributed by atoms with E-state index in [4.69, 9.17) is 12.2 Å². The van der Waals surface area contributed by atoms with E-state index in [2.05, 4.69) is 5.10 Å². The number of rotatable bonds is 0. The Hall–Kier alpha value is -0.680. The van der Waals surface area contributed by atoms with Crippen LogP contribution in [0.1, 0.15) is 0 Å². The molecule has 1 rings (SSSR count). The first kappa shape index (κ1) is 7.43. The van der Waals surface area contributed by atoms with Crippen LogP contribution < -0.4 is 5.11 Å². The second-order valence-electron chi connectivity index (χ2n) is 2.62. The summed E-state index contributed by atoms with van der Waals surface area (Å²) in [6.07, 6.45) is 0. The van der Waals surface area contributed by atoms with E-state index in [1.54, 1.807) is 21.1 Å². The molecular weight excluding hydrogens is 150 g/mol. The molecule has 0 aromatic rings. The average molecular weight is 159 g/mol. The third kappa shape index (κ3) is 0.871. The van der Waals surface area contributed by atoms with Crippen LogP contribution in [0.4, 0.5) is 0 Å². The lowest BCUT2D eigenvalue weighted by molar-refractivity contribution is -0.803. The van der Waals surface area contributed by atoms with Crippen LogP contribution in [0, 0.1) is 0 Å². The first-order valence-corrected chi connectivity index (χ1v) is 3.25. The molecular formula is C5H9N3OS. The van der Waals surface area contributed by atoms with Crippen LogP contribution in [0.15, 0.2) is 5.10 Å². The zero-order chi connectivity index (χ0) is 7.94. The molecule has 0 aromatic heterocycles. The molecule has 0 atom stereocenters. The minimum absolute atomic E-state index is 0.144. The summed E-state index contributed by atoms with van der Waals surface area (Å²) in [5.74, 6) is 0. The molecule has 56 valence electrons. The van der Waals surface area contributed by atoms with E-state index < -0.39 is 0 Å². The molecule has 0 saturated heterocycles. The lowest BCUT2D eigenvalue weighted by Gasteiger charge is -2.18. The summed E-state index contributed by atoms with van der Waals surface area (Å²) >= 11 is 4.94. The summed E-state index contributed by atoms with van der Waals surface area (Å²) in [5.41, 5.74) is 0. The quantitative estimate of drug-likeness (QED) is 0.333. The van der Waals surface area contributed by atoms with E-state index in [1.807, 2.05) is 0 Å². The Morgan fingerprint density at radius 2 is 2.10 bits per heavy atom. The Morgan fingerprint density at radius 3 is 2.20 bits per heavy atom. The maximum atomic E-state index is 10.9. The van der Waals surface area contributed by atoms with Gasteiger partial charge in [0, 0.05) is 19.3 Å². The number of hydrogen-bond acceptors (Lipinski definition) is 3. The van der Waals surface area contributed by atoms with Gasteiger partial charge in [-0.1, -0.05) is 5.10 Å². The molecule has 0 bridgehead atoms. The smallest absolute Gasteiger partial charge is 0.303 e. The van der Waals surface area contributed by atoms with Crippen molar-refractivity contribution < 1.29 is 9.70 Å². The van der Waals surface area contributed by atoms with Gasteiger partial charge >= 0.3 is 5.11 Å². The number of thiocarbonyl (C=S) groups is 1. The zero-order valence-corrected chi connectivity index (χ0v) is 6.97. The highest BCUT2D eigenvalue weighted by Crippen LogP contribution is 2.11. The first-order valence-electron chi connectivity index (χ1n) is 2.84. The van der Waals surface area contributed by atoms with Crippen LogP contribution in [0.2, 0.25) is 0 Å². The summed E-state index contributed by atoms with van der Waals surface area (Å²) in [6.45, 7) is 0. The van der Waals surface area contributed by atoms with Crippen molar-refractivity contribution in [1.82, 2.24) is 4.90 Å². The topological polar surface area (TPSA) is 38.7 Å². The van der Waals surface area contributed by atoms with Crippen molar-refractivity contribution in [1.29, 1.82) is 0 Å². The van der Waals surface area contributed by atoms with E-state index in [0.29, 0.717) is 5.11 Å². The van der Waals surface area contributed by atoms with Crippen molar-refractivity contribution in [2.75, 3.05) is 21.1 Å². The second-order valence-corrected chi connectivity index (χ2v) is 2.98. The summed E-state index contributed by atoms with van der Waals surface area (Å²) in [5, 5.41) is 15.2. The number of amidine groups is 1. The van der Waals surface area contributed by atoms with Gasteiger partial charge in [0.2, 0.25) is 0 Å². The Kier molecular flexibility index (Phi) is 1.41. The molecule has 1 aliphatic heterocycles. The summed E-state index contributed by atoms with van der Waals surface area (Å²) < 4.78 is 0.144. The van der Waals surface area contributed by atoms with Gasteiger partial charge in [0.15, 0.2) is 0 Å². The van der Waals surface area contributed by atoms with Gasteiger partial charge in [-0.2, -0.15) is 0 Å². The molecule has 0 aromatic carbocycles. The molecule has 0 radical (unpaired) electrons. The van der Waals surface area contributed by atoms with Crippen LogP contribution >= 0.6 is 12.2 Å². The van der Waals surface area contributed by atoms with Gasteiger partial charge in [-0.25, -0.2) is 0 Å². The fourth-order valence-electron chi connectivity index (χ4n) is 0.773. The van der Waals surface area contributed by atoms with E-state index >= 15 is 0 Å². The van der Waals surface area contributed by atoms with Gasteiger partial charge in [0.25, 0.3) is 0 Å². The van der Waals surface area contributed by atoms with Gasteiger partial charge in [-0.3, -0.25) is 4.90 Å². The predicted octanol–water partition coefficient (Wildman–Crippen LogP) is -1.08. The predicted molar refractivity (Wildman–Crippen MR) is 39.9 cm³/mol. The fraction of sp³-hybridized carbons (Fsp3) is 0.600. The highest BCUT2D eigenvalue weighted by Gasteiger charge is 2.32. The van der Waals surface area contributed by atoms with Crippen LogP contribution in [-0.2, 0) is 0 Å². The van der Waals surface area contributed by atoms with Gasteiger partial charge in [-0.15, -0.1) is 4.59 Å². The van der Waals surface area contributed by atoms with Crippen molar-refractivity contribution in [3.8, 4) is 0 Å². The minimum Gasteiger partial charge on any atom is -0.842 e. The molecule has 5 heteroatoms. The molecule has 1 aliphatic rings. The Morgan fingerprint density at radius 1 is 1.60 bits per heavy atom. The fourth-order valence-corrected chi connectivity index (χ4v) is 0.892. The number of nitrogens with zero attached hydrogens (tertiary/aromatic N) is 3.